The number of rotatable bonds is 3. The molecule has 0 aromatic heterocycles. The van der Waals surface area contributed by atoms with E-state index >= 15 is 0 Å². The standard InChI is InChI=1S/C54H40/c1-53(2)46-23-13-11-16-37(46)38-30-29-35(31-48(38)53)51-42-20-9-7-18-40(42)50(41-19-8-10-21-43(41)51)34-27-25-33(26-28-34)45-32-49-52(39-17-6-5-15-36(39)45)44-22-12-14-24-47(44)54(49,3)4/h5-32H,1-4H3. The first kappa shape index (κ1) is 31.3. The molecule has 2 aliphatic rings. The highest BCUT2D eigenvalue weighted by molar-refractivity contribution is 6.21. The molecule has 0 N–H and O–H groups in total. The average Bonchev–Trinajstić information content (AvgIpc) is 3.59. The lowest BCUT2D eigenvalue weighted by molar-refractivity contribution is 0.660. The highest BCUT2D eigenvalue weighted by Crippen LogP contribution is 2.54. The SMILES string of the molecule is CC1(C)c2ccccc2-c2ccc(-c3c4ccccc4c(-c4ccc(-c5cc6c(c7ccccc57)-c5ccccc5C6(C)C)cc4)c4ccccc34)cc21. The molecule has 2 aliphatic carbocycles. The minimum atomic E-state index is -0.0667. The molecule has 0 heteroatoms. The molecule has 256 valence electrons. The Morgan fingerprint density at radius 3 is 1.28 bits per heavy atom. The Kier molecular flexibility index (Phi) is 6.46. The lowest BCUT2D eigenvalue weighted by Gasteiger charge is -2.23. The van der Waals surface area contributed by atoms with Gasteiger partial charge in [-0.2, -0.15) is 0 Å². The summed E-state index contributed by atoms with van der Waals surface area (Å²) in [5, 5.41) is 7.77. The van der Waals surface area contributed by atoms with Gasteiger partial charge in [0.05, 0.1) is 0 Å². The number of hydrogen-bond donors (Lipinski definition) is 0. The van der Waals surface area contributed by atoms with Gasteiger partial charge in [0, 0.05) is 10.8 Å². The average molecular weight is 689 g/mol. The molecule has 0 bridgehead atoms. The zero-order valence-corrected chi connectivity index (χ0v) is 31.2. The lowest BCUT2D eigenvalue weighted by atomic mass is 9.80. The van der Waals surface area contributed by atoms with Crippen molar-refractivity contribution in [2.45, 2.75) is 38.5 Å². The van der Waals surface area contributed by atoms with E-state index in [1.165, 1.54) is 110 Å². The van der Waals surface area contributed by atoms with Crippen molar-refractivity contribution in [3.8, 4) is 55.6 Å². The van der Waals surface area contributed by atoms with Crippen molar-refractivity contribution < 1.29 is 0 Å². The Bertz CT molecular complexity index is 2970. The topological polar surface area (TPSA) is 0 Å². The van der Waals surface area contributed by atoms with Gasteiger partial charge in [-0.25, -0.2) is 0 Å². The maximum atomic E-state index is 2.47. The van der Waals surface area contributed by atoms with E-state index in [1.54, 1.807) is 0 Å². The van der Waals surface area contributed by atoms with Gasteiger partial charge in [-0.05, 0) is 122 Å². The highest BCUT2D eigenvalue weighted by Gasteiger charge is 2.37. The van der Waals surface area contributed by atoms with E-state index in [0.717, 1.165) is 0 Å². The normalized spacial score (nSPS) is 14.6. The molecular weight excluding hydrogens is 649 g/mol. The lowest BCUT2D eigenvalue weighted by Crippen LogP contribution is -2.15. The molecular formula is C54H40. The van der Waals surface area contributed by atoms with Crippen LogP contribution in [0, 0.1) is 0 Å². The molecule has 54 heavy (non-hydrogen) atoms. The minimum absolute atomic E-state index is 0.0564. The summed E-state index contributed by atoms with van der Waals surface area (Å²) in [5.74, 6) is 0. The van der Waals surface area contributed by atoms with Crippen molar-refractivity contribution in [1.82, 2.24) is 0 Å². The minimum Gasteiger partial charge on any atom is -0.0619 e. The molecule has 0 fully saturated rings. The Morgan fingerprint density at radius 1 is 0.259 bits per heavy atom. The highest BCUT2D eigenvalue weighted by atomic mass is 14.4. The fourth-order valence-electron chi connectivity index (χ4n) is 10.2. The molecule has 9 aromatic rings. The van der Waals surface area contributed by atoms with Gasteiger partial charge in [0.2, 0.25) is 0 Å². The number of fused-ring (bicyclic) bond motifs is 10. The van der Waals surface area contributed by atoms with E-state index in [4.69, 9.17) is 0 Å². The van der Waals surface area contributed by atoms with E-state index in [9.17, 15) is 0 Å². The second-order valence-corrected chi connectivity index (χ2v) is 16.4. The van der Waals surface area contributed by atoms with Crippen LogP contribution < -0.4 is 0 Å². The second kappa shape index (κ2) is 11.1. The molecule has 9 aromatic carbocycles. The summed E-state index contributed by atoms with van der Waals surface area (Å²) in [6, 6.07) is 63.9. The number of hydrogen-bond acceptors (Lipinski definition) is 0. The van der Waals surface area contributed by atoms with Crippen LogP contribution in [0.25, 0.3) is 88.0 Å². The zero-order valence-electron chi connectivity index (χ0n) is 31.2. The molecule has 0 spiro atoms. The van der Waals surface area contributed by atoms with Crippen molar-refractivity contribution in [2.24, 2.45) is 0 Å². The van der Waals surface area contributed by atoms with E-state index < -0.39 is 0 Å². The van der Waals surface area contributed by atoms with Crippen molar-refractivity contribution in [2.75, 3.05) is 0 Å². The van der Waals surface area contributed by atoms with Crippen LogP contribution in [0.3, 0.4) is 0 Å². The van der Waals surface area contributed by atoms with E-state index in [2.05, 4.69) is 198 Å². The fraction of sp³-hybridized carbons (Fsp3) is 0.111. The second-order valence-electron chi connectivity index (χ2n) is 16.4. The smallest absolute Gasteiger partial charge is 0.0159 e. The first-order chi connectivity index (χ1) is 26.3. The van der Waals surface area contributed by atoms with Crippen LogP contribution in [-0.4, -0.2) is 0 Å². The molecule has 0 radical (unpaired) electrons. The predicted octanol–water partition coefficient (Wildman–Crippen LogP) is 14.8. The van der Waals surface area contributed by atoms with E-state index in [-0.39, 0.29) is 10.8 Å². The Morgan fingerprint density at radius 2 is 0.667 bits per heavy atom. The van der Waals surface area contributed by atoms with Gasteiger partial charge >= 0.3 is 0 Å². The third-order valence-electron chi connectivity index (χ3n) is 12.9. The van der Waals surface area contributed by atoms with Gasteiger partial charge in [0.15, 0.2) is 0 Å². The van der Waals surface area contributed by atoms with Gasteiger partial charge in [-0.3, -0.25) is 0 Å². The maximum absolute atomic E-state index is 2.47. The first-order valence-electron chi connectivity index (χ1n) is 19.3. The number of benzene rings is 9. The van der Waals surface area contributed by atoms with Gasteiger partial charge in [-0.15, -0.1) is 0 Å². The molecule has 0 atom stereocenters. The molecule has 0 aliphatic heterocycles. The largest absolute Gasteiger partial charge is 0.0619 e. The van der Waals surface area contributed by atoms with Crippen LogP contribution in [0.1, 0.15) is 49.9 Å². The molecule has 0 heterocycles. The van der Waals surface area contributed by atoms with E-state index in [0.29, 0.717) is 0 Å². The summed E-state index contributed by atoms with van der Waals surface area (Å²) in [6.07, 6.45) is 0. The van der Waals surface area contributed by atoms with Crippen LogP contribution in [0.5, 0.6) is 0 Å². The maximum Gasteiger partial charge on any atom is 0.0159 e. The van der Waals surface area contributed by atoms with Crippen molar-refractivity contribution in [1.29, 1.82) is 0 Å². The van der Waals surface area contributed by atoms with Gasteiger partial charge in [0.1, 0.15) is 0 Å². The Hall–Kier alpha value is -6.24. The van der Waals surface area contributed by atoms with Crippen molar-refractivity contribution in [3.63, 3.8) is 0 Å². The molecule has 11 rings (SSSR count). The fourth-order valence-corrected chi connectivity index (χ4v) is 10.2. The van der Waals surface area contributed by atoms with Gasteiger partial charge < -0.3 is 0 Å². The predicted molar refractivity (Wildman–Crippen MR) is 230 cm³/mol. The van der Waals surface area contributed by atoms with Crippen LogP contribution in [0.4, 0.5) is 0 Å². The zero-order chi connectivity index (χ0) is 36.3. The van der Waals surface area contributed by atoms with E-state index in [1.807, 2.05) is 0 Å². The summed E-state index contributed by atoms with van der Waals surface area (Å²) in [6.45, 7) is 9.50. The van der Waals surface area contributed by atoms with Gasteiger partial charge in [0.25, 0.3) is 0 Å². The van der Waals surface area contributed by atoms with Crippen molar-refractivity contribution >= 4 is 32.3 Å². The van der Waals surface area contributed by atoms with Crippen LogP contribution >= 0.6 is 0 Å². The third kappa shape index (κ3) is 4.20. The third-order valence-corrected chi connectivity index (χ3v) is 12.9. The molecule has 0 nitrogen and oxygen atoms in total. The van der Waals surface area contributed by atoms with Crippen LogP contribution in [0.2, 0.25) is 0 Å². The summed E-state index contributed by atoms with van der Waals surface area (Å²) in [7, 11) is 0. The van der Waals surface area contributed by atoms with Crippen LogP contribution in [0.15, 0.2) is 170 Å². The summed E-state index contributed by atoms with van der Waals surface area (Å²) in [4.78, 5) is 0. The monoisotopic (exact) mass is 688 g/mol. The first-order valence-corrected chi connectivity index (χ1v) is 19.3. The molecule has 0 amide bonds. The summed E-state index contributed by atoms with van der Waals surface area (Å²) in [5.41, 5.74) is 18.6. The molecule has 0 saturated heterocycles. The quantitative estimate of drug-likeness (QED) is 0.162. The Balaban J connectivity index is 1.08. The Labute approximate surface area is 317 Å². The van der Waals surface area contributed by atoms with Gasteiger partial charge in [-0.1, -0.05) is 185 Å². The molecule has 0 unspecified atom stereocenters. The molecule has 0 saturated carbocycles. The van der Waals surface area contributed by atoms with Crippen molar-refractivity contribution in [3.05, 3.63) is 192 Å². The summed E-state index contributed by atoms with van der Waals surface area (Å²) < 4.78 is 0. The van der Waals surface area contributed by atoms with Crippen LogP contribution in [-0.2, 0) is 10.8 Å². The summed E-state index contributed by atoms with van der Waals surface area (Å²) >= 11 is 0.